The molecule has 0 unspecified atom stereocenters. The van der Waals surface area contributed by atoms with Gasteiger partial charge in [0.05, 0.1) is 17.4 Å². The van der Waals surface area contributed by atoms with Crippen molar-refractivity contribution in [3.05, 3.63) is 48.2 Å². The molecule has 0 radical (unpaired) electrons. The Morgan fingerprint density at radius 3 is 2.42 bits per heavy atom. The number of para-hydroxylation sites is 1. The lowest BCUT2D eigenvalue weighted by Gasteiger charge is -2.33. The molecule has 2 N–H and O–H groups in total. The van der Waals surface area contributed by atoms with Gasteiger partial charge < -0.3 is 15.4 Å². The molecule has 2 heterocycles. The zero-order valence-electron chi connectivity index (χ0n) is 13.0. The highest BCUT2D eigenvalue weighted by Crippen LogP contribution is 2.37. The second-order valence-corrected chi connectivity index (χ2v) is 5.75. The molecule has 4 nitrogen and oxygen atoms in total. The first-order valence-corrected chi connectivity index (χ1v) is 7.73. The molecule has 1 aromatic carbocycles. The van der Waals surface area contributed by atoms with Gasteiger partial charge in [0.25, 0.3) is 0 Å². The normalized spacial score (nSPS) is 16.2. The summed E-state index contributed by atoms with van der Waals surface area (Å²) < 4.78 is 44.7. The number of rotatable bonds is 3. The number of nitrogen functional groups attached to an aromatic ring is 1. The van der Waals surface area contributed by atoms with Crippen LogP contribution in [0.2, 0.25) is 0 Å². The van der Waals surface area contributed by atoms with Crippen LogP contribution in [-0.4, -0.2) is 24.2 Å². The van der Waals surface area contributed by atoms with Gasteiger partial charge in [-0.15, -0.1) is 0 Å². The summed E-state index contributed by atoms with van der Waals surface area (Å²) in [5.41, 5.74) is 5.49. The maximum absolute atomic E-state index is 13.0. The quantitative estimate of drug-likeness (QED) is 0.927. The highest BCUT2D eigenvalue weighted by atomic mass is 19.4. The first-order chi connectivity index (χ1) is 11.4. The zero-order chi connectivity index (χ0) is 17.2. The number of hydrogen-bond donors (Lipinski definition) is 1. The van der Waals surface area contributed by atoms with Crippen LogP contribution in [-0.2, 0) is 6.18 Å². The summed E-state index contributed by atoms with van der Waals surface area (Å²) in [6.07, 6.45) is -1.78. The number of piperidine rings is 1. The second-order valence-electron chi connectivity index (χ2n) is 5.75. The van der Waals surface area contributed by atoms with Crippen LogP contribution in [0.5, 0.6) is 5.75 Å². The van der Waals surface area contributed by atoms with Gasteiger partial charge in [-0.2, -0.15) is 13.2 Å². The summed E-state index contributed by atoms with van der Waals surface area (Å²) in [4.78, 5) is 6.35. The number of anilines is 2. The molecule has 3 rings (SSSR count). The van der Waals surface area contributed by atoms with Crippen LogP contribution in [0, 0.1) is 0 Å². The van der Waals surface area contributed by atoms with Crippen molar-refractivity contribution >= 4 is 11.5 Å². The van der Waals surface area contributed by atoms with E-state index < -0.39 is 11.7 Å². The Hall–Kier alpha value is -2.44. The number of ether oxygens (including phenoxy) is 1. The lowest BCUT2D eigenvalue weighted by Crippen LogP contribution is -2.38. The highest BCUT2D eigenvalue weighted by molar-refractivity contribution is 5.46. The van der Waals surface area contributed by atoms with E-state index in [0.717, 1.165) is 11.9 Å². The van der Waals surface area contributed by atoms with E-state index in [1.165, 1.54) is 12.1 Å². The fraction of sp³-hybridized carbons (Fsp3) is 0.353. The Labute approximate surface area is 138 Å². The third-order valence-electron chi connectivity index (χ3n) is 4.02. The zero-order valence-corrected chi connectivity index (χ0v) is 13.0. The van der Waals surface area contributed by atoms with Crippen LogP contribution in [0.1, 0.15) is 18.4 Å². The molecule has 0 bridgehead atoms. The lowest BCUT2D eigenvalue weighted by atomic mass is 10.1. The average molecular weight is 337 g/mol. The Morgan fingerprint density at radius 2 is 1.79 bits per heavy atom. The number of hydrogen-bond acceptors (Lipinski definition) is 4. The minimum atomic E-state index is -4.41. The van der Waals surface area contributed by atoms with Crippen LogP contribution in [0.25, 0.3) is 0 Å². The van der Waals surface area contributed by atoms with E-state index in [4.69, 9.17) is 10.5 Å². The summed E-state index contributed by atoms with van der Waals surface area (Å²) in [5, 5.41) is 0. The number of aromatic nitrogens is 1. The Morgan fingerprint density at radius 1 is 1.08 bits per heavy atom. The van der Waals surface area contributed by atoms with Crippen molar-refractivity contribution in [3.63, 3.8) is 0 Å². The van der Waals surface area contributed by atoms with Gasteiger partial charge in [0.1, 0.15) is 17.7 Å². The Balaban J connectivity index is 1.63. The summed E-state index contributed by atoms with van der Waals surface area (Å²) in [7, 11) is 0. The van der Waals surface area contributed by atoms with Crippen molar-refractivity contribution in [1.82, 2.24) is 4.98 Å². The predicted molar refractivity (Wildman–Crippen MR) is 86.0 cm³/mol. The van der Waals surface area contributed by atoms with Crippen molar-refractivity contribution in [1.29, 1.82) is 0 Å². The van der Waals surface area contributed by atoms with Gasteiger partial charge in [-0.1, -0.05) is 12.1 Å². The molecular weight excluding hydrogens is 319 g/mol. The minimum absolute atomic E-state index is 0.103. The van der Waals surface area contributed by atoms with Crippen molar-refractivity contribution < 1.29 is 17.9 Å². The fourth-order valence-electron chi connectivity index (χ4n) is 2.77. The molecule has 0 amide bonds. The maximum atomic E-state index is 13.0. The minimum Gasteiger partial charge on any atom is -0.490 e. The molecule has 7 heteroatoms. The molecule has 1 fully saturated rings. The first kappa shape index (κ1) is 16.4. The van der Waals surface area contributed by atoms with Gasteiger partial charge in [0, 0.05) is 25.9 Å². The largest absolute Gasteiger partial charge is 0.490 e. The molecule has 1 aliphatic rings. The molecule has 0 atom stereocenters. The topological polar surface area (TPSA) is 51.4 Å². The number of nitrogens with zero attached hydrogens (tertiary/aromatic N) is 2. The summed E-state index contributed by atoms with van der Waals surface area (Å²) >= 11 is 0. The van der Waals surface area contributed by atoms with Crippen LogP contribution >= 0.6 is 0 Å². The number of pyridine rings is 1. The molecule has 1 saturated heterocycles. The molecular formula is C17H18F3N3O. The van der Waals surface area contributed by atoms with E-state index in [-0.39, 0.29) is 11.9 Å². The van der Waals surface area contributed by atoms with Gasteiger partial charge >= 0.3 is 6.18 Å². The van der Waals surface area contributed by atoms with E-state index in [2.05, 4.69) is 9.88 Å². The molecule has 128 valence electrons. The summed E-state index contributed by atoms with van der Waals surface area (Å²) in [6, 6.07) is 8.96. The second kappa shape index (κ2) is 6.59. The molecule has 1 aromatic heterocycles. The predicted octanol–water partition coefficient (Wildman–Crippen LogP) is 3.73. The molecule has 1 aliphatic heterocycles. The van der Waals surface area contributed by atoms with Crippen molar-refractivity contribution in [2.24, 2.45) is 0 Å². The molecule has 0 saturated carbocycles. The van der Waals surface area contributed by atoms with Gasteiger partial charge in [0.2, 0.25) is 0 Å². The van der Waals surface area contributed by atoms with Crippen molar-refractivity contribution in [2.75, 3.05) is 23.7 Å². The monoisotopic (exact) mass is 337 g/mol. The highest BCUT2D eigenvalue weighted by Gasteiger charge is 2.35. The lowest BCUT2D eigenvalue weighted by molar-refractivity contribution is -0.139. The Bertz CT molecular complexity index is 680. The summed E-state index contributed by atoms with van der Waals surface area (Å²) in [6.45, 7) is 1.35. The molecule has 24 heavy (non-hydrogen) atoms. The molecule has 0 spiro atoms. The van der Waals surface area contributed by atoms with Crippen molar-refractivity contribution in [2.45, 2.75) is 25.1 Å². The average Bonchev–Trinajstić information content (AvgIpc) is 2.56. The maximum Gasteiger partial charge on any atom is 0.419 e. The van der Waals surface area contributed by atoms with Crippen LogP contribution in [0.4, 0.5) is 24.7 Å². The van der Waals surface area contributed by atoms with Gasteiger partial charge in [-0.3, -0.25) is 0 Å². The Kier molecular flexibility index (Phi) is 4.51. The van der Waals surface area contributed by atoms with Crippen LogP contribution in [0.15, 0.2) is 42.6 Å². The smallest absolute Gasteiger partial charge is 0.419 e. The molecule has 0 aliphatic carbocycles. The number of nitrogens with two attached hydrogens (primary N) is 1. The standard InChI is InChI=1S/C17H18F3N3O/c18-17(19,20)14-3-1-2-4-15(14)24-13-7-9-23(10-8-13)16-6-5-12(21)11-22-16/h1-6,11,13H,7-10,21H2. The van der Waals surface area contributed by atoms with Crippen molar-refractivity contribution in [3.8, 4) is 5.75 Å². The van der Waals surface area contributed by atoms with Gasteiger partial charge in [-0.05, 0) is 24.3 Å². The molecule has 2 aromatic rings. The van der Waals surface area contributed by atoms with E-state index in [1.807, 2.05) is 6.07 Å². The fourth-order valence-corrected chi connectivity index (χ4v) is 2.77. The first-order valence-electron chi connectivity index (χ1n) is 7.73. The van der Waals surface area contributed by atoms with E-state index in [0.29, 0.717) is 31.6 Å². The SMILES string of the molecule is Nc1ccc(N2CCC(Oc3ccccc3C(F)(F)F)CC2)nc1. The summed E-state index contributed by atoms with van der Waals surface area (Å²) in [5.74, 6) is 0.715. The van der Waals surface area contributed by atoms with E-state index >= 15 is 0 Å². The van der Waals surface area contributed by atoms with Crippen LogP contribution < -0.4 is 15.4 Å². The number of benzene rings is 1. The number of halogens is 3. The van der Waals surface area contributed by atoms with E-state index in [9.17, 15) is 13.2 Å². The third-order valence-corrected chi connectivity index (χ3v) is 4.02. The number of alkyl halides is 3. The third kappa shape index (κ3) is 3.72. The van der Waals surface area contributed by atoms with Gasteiger partial charge in [0.15, 0.2) is 0 Å². The van der Waals surface area contributed by atoms with Crippen LogP contribution in [0.3, 0.4) is 0 Å². The van der Waals surface area contributed by atoms with Gasteiger partial charge in [-0.25, -0.2) is 4.98 Å². The van der Waals surface area contributed by atoms with E-state index in [1.54, 1.807) is 18.3 Å².